The highest BCUT2D eigenvalue weighted by molar-refractivity contribution is 7.80. The van der Waals surface area contributed by atoms with Crippen molar-refractivity contribution in [3.05, 3.63) is 41.7 Å². The summed E-state index contributed by atoms with van der Waals surface area (Å²) in [4.78, 5) is 14.5. The van der Waals surface area contributed by atoms with E-state index in [1.165, 1.54) is 44.1 Å². The number of anilines is 3. The maximum Gasteiger partial charge on any atom is 0.232 e. The molecule has 2 N–H and O–H groups in total. The Bertz CT molecular complexity index is 1020. The minimum atomic E-state index is -0.194. The van der Waals surface area contributed by atoms with Crippen LogP contribution in [0.1, 0.15) is 63.9 Å². The zero-order valence-corrected chi connectivity index (χ0v) is 21.5. The van der Waals surface area contributed by atoms with E-state index in [1.54, 1.807) is 12.1 Å². The Morgan fingerprint density at radius 1 is 1.00 bits per heavy atom. The zero-order chi connectivity index (χ0) is 24.3. The second-order valence-corrected chi connectivity index (χ2v) is 11.0. The SMILES string of the molecule is CC1CCCN(c2cc(N3CCCC3)nc(NC(=S)NCC3(c4ccc(F)cc4)CCCC3)n2)C1. The first-order valence-electron chi connectivity index (χ1n) is 13.2. The molecule has 3 heterocycles. The van der Waals surface area contributed by atoms with Gasteiger partial charge in [0.1, 0.15) is 17.5 Å². The molecule has 8 heteroatoms. The molecule has 3 aliphatic rings. The second kappa shape index (κ2) is 10.6. The van der Waals surface area contributed by atoms with Crippen molar-refractivity contribution in [2.24, 2.45) is 5.92 Å². The Hall–Kier alpha value is -2.48. The molecule has 1 atom stereocenters. The van der Waals surface area contributed by atoms with E-state index >= 15 is 0 Å². The number of piperidine rings is 1. The quantitative estimate of drug-likeness (QED) is 0.530. The van der Waals surface area contributed by atoms with Gasteiger partial charge in [0.05, 0.1) is 0 Å². The topological polar surface area (TPSA) is 56.3 Å². The molecule has 0 radical (unpaired) electrons. The Labute approximate surface area is 213 Å². The summed E-state index contributed by atoms with van der Waals surface area (Å²) >= 11 is 5.70. The van der Waals surface area contributed by atoms with Crippen LogP contribution in [0.5, 0.6) is 0 Å². The van der Waals surface area contributed by atoms with Gasteiger partial charge in [0.2, 0.25) is 5.95 Å². The zero-order valence-electron chi connectivity index (χ0n) is 20.7. The molecule has 2 aromatic rings. The van der Waals surface area contributed by atoms with E-state index in [0.717, 1.165) is 50.7 Å². The Balaban J connectivity index is 1.31. The minimum absolute atomic E-state index is 0.0210. The number of aromatic nitrogens is 2. The molecule has 2 aliphatic heterocycles. The average Bonchev–Trinajstić information content (AvgIpc) is 3.56. The first-order chi connectivity index (χ1) is 17.0. The lowest BCUT2D eigenvalue weighted by Crippen LogP contribution is -2.41. The van der Waals surface area contributed by atoms with Gasteiger partial charge in [-0.05, 0) is 74.4 Å². The Morgan fingerprint density at radius 3 is 2.34 bits per heavy atom. The molecule has 6 nitrogen and oxygen atoms in total. The molecule has 1 aliphatic carbocycles. The fraction of sp³-hybridized carbons (Fsp3) is 0.593. The number of halogens is 1. The third-order valence-corrected chi connectivity index (χ3v) is 8.19. The molecule has 1 unspecified atom stereocenters. The summed E-state index contributed by atoms with van der Waals surface area (Å²) in [7, 11) is 0. The van der Waals surface area contributed by atoms with Crippen molar-refractivity contribution >= 4 is 34.9 Å². The van der Waals surface area contributed by atoms with Crippen LogP contribution in [0.3, 0.4) is 0 Å². The van der Waals surface area contributed by atoms with Crippen LogP contribution in [0.4, 0.5) is 22.0 Å². The second-order valence-electron chi connectivity index (χ2n) is 10.6. The summed E-state index contributed by atoms with van der Waals surface area (Å²) in [5, 5.41) is 7.26. The van der Waals surface area contributed by atoms with E-state index in [2.05, 4.69) is 33.4 Å². The highest BCUT2D eigenvalue weighted by atomic mass is 32.1. The molecule has 2 saturated heterocycles. The largest absolute Gasteiger partial charge is 0.361 e. The normalized spacial score (nSPS) is 21.8. The first kappa shape index (κ1) is 24.2. The molecular formula is C27H37FN6S. The van der Waals surface area contributed by atoms with Crippen molar-refractivity contribution < 1.29 is 4.39 Å². The predicted molar refractivity (Wildman–Crippen MR) is 145 cm³/mol. The minimum Gasteiger partial charge on any atom is -0.361 e. The lowest BCUT2D eigenvalue weighted by Gasteiger charge is -2.33. The number of thiocarbonyl (C=S) groups is 1. The summed E-state index contributed by atoms with van der Waals surface area (Å²) in [5.74, 6) is 3.00. The smallest absolute Gasteiger partial charge is 0.232 e. The van der Waals surface area contributed by atoms with Crippen molar-refractivity contribution in [2.45, 2.75) is 63.7 Å². The third-order valence-electron chi connectivity index (χ3n) is 7.94. The van der Waals surface area contributed by atoms with Crippen LogP contribution in [0.2, 0.25) is 0 Å². The van der Waals surface area contributed by atoms with Crippen molar-refractivity contribution in [3.63, 3.8) is 0 Å². The monoisotopic (exact) mass is 496 g/mol. The van der Waals surface area contributed by atoms with Crippen molar-refractivity contribution in [3.8, 4) is 0 Å². The Kier molecular flexibility index (Phi) is 7.37. The van der Waals surface area contributed by atoms with E-state index in [9.17, 15) is 4.39 Å². The van der Waals surface area contributed by atoms with Gasteiger partial charge in [-0.15, -0.1) is 0 Å². The van der Waals surface area contributed by atoms with Crippen LogP contribution in [-0.4, -0.2) is 47.8 Å². The molecular weight excluding hydrogens is 459 g/mol. The number of rotatable bonds is 6. The van der Waals surface area contributed by atoms with E-state index in [-0.39, 0.29) is 11.2 Å². The highest BCUT2D eigenvalue weighted by Gasteiger charge is 2.35. The van der Waals surface area contributed by atoms with Crippen molar-refractivity contribution in [1.29, 1.82) is 0 Å². The Morgan fingerprint density at radius 2 is 1.66 bits per heavy atom. The predicted octanol–water partition coefficient (Wildman–Crippen LogP) is 5.25. The number of benzene rings is 1. The van der Waals surface area contributed by atoms with Crippen molar-refractivity contribution in [1.82, 2.24) is 15.3 Å². The standard InChI is InChI=1S/C27H37FN6S/c1-20-7-6-16-34(18-20)24-17-23(33-14-4-5-15-33)30-25(31-24)32-26(35)29-19-27(12-2-3-13-27)21-8-10-22(28)11-9-21/h8-11,17,20H,2-7,12-16,18-19H2,1H3,(H2,29,30,31,32,35). The van der Waals surface area contributed by atoms with E-state index in [0.29, 0.717) is 23.5 Å². The van der Waals surface area contributed by atoms with Gasteiger partial charge in [0, 0.05) is 44.2 Å². The lowest BCUT2D eigenvalue weighted by atomic mass is 9.79. The van der Waals surface area contributed by atoms with Crippen LogP contribution >= 0.6 is 12.2 Å². The van der Waals surface area contributed by atoms with E-state index < -0.39 is 0 Å². The van der Waals surface area contributed by atoms with Gasteiger partial charge in [-0.1, -0.05) is 31.9 Å². The molecule has 3 fully saturated rings. The molecule has 35 heavy (non-hydrogen) atoms. The number of nitrogens with one attached hydrogen (secondary N) is 2. The summed E-state index contributed by atoms with van der Waals surface area (Å²) in [5.41, 5.74) is 1.16. The van der Waals surface area contributed by atoms with Crippen LogP contribution in [-0.2, 0) is 5.41 Å². The molecule has 1 aromatic carbocycles. The molecule has 0 bridgehead atoms. The third kappa shape index (κ3) is 5.68. The van der Waals surface area contributed by atoms with Gasteiger partial charge >= 0.3 is 0 Å². The maximum absolute atomic E-state index is 13.5. The van der Waals surface area contributed by atoms with Gasteiger partial charge in [0.25, 0.3) is 0 Å². The first-order valence-corrected chi connectivity index (χ1v) is 13.6. The van der Waals surface area contributed by atoms with Crippen LogP contribution in [0.25, 0.3) is 0 Å². The van der Waals surface area contributed by atoms with Crippen LogP contribution in [0, 0.1) is 11.7 Å². The molecule has 1 aromatic heterocycles. The fourth-order valence-corrected chi connectivity index (χ4v) is 6.13. The summed E-state index contributed by atoms with van der Waals surface area (Å²) in [6, 6.07) is 9.12. The van der Waals surface area contributed by atoms with E-state index in [4.69, 9.17) is 22.2 Å². The maximum atomic E-state index is 13.5. The number of hydrogen-bond acceptors (Lipinski definition) is 5. The van der Waals surface area contributed by atoms with Gasteiger partial charge in [-0.25, -0.2) is 4.39 Å². The van der Waals surface area contributed by atoms with Crippen LogP contribution < -0.4 is 20.4 Å². The number of nitrogens with zero attached hydrogens (tertiary/aromatic N) is 4. The highest BCUT2D eigenvalue weighted by Crippen LogP contribution is 2.40. The van der Waals surface area contributed by atoms with Gasteiger partial charge in [0.15, 0.2) is 5.11 Å². The van der Waals surface area contributed by atoms with Crippen molar-refractivity contribution in [2.75, 3.05) is 47.8 Å². The summed E-state index contributed by atoms with van der Waals surface area (Å²) in [6.45, 7) is 7.16. The molecule has 0 amide bonds. The molecule has 1 saturated carbocycles. The summed E-state index contributed by atoms with van der Waals surface area (Å²) < 4.78 is 13.5. The lowest BCUT2D eigenvalue weighted by molar-refractivity contribution is 0.434. The average molecular weight is 497 g/mol. The fourth-order valence-electron chi connectivity index (χ4n) is 5.96. The van der Waals surface area contributed by atoms with Crippen LogP contribution in [0.15, 0.2) is 30.3 Å². The summed E-state index contributed by atoms with van der Waals surface area (Å²) in [6.07, 6.45) is 9.38. The van der Waals surface area contributed by atoms with E-state index in [1.807, 2.05) is 12.1 Å². The number of hydrogen-bond donors (Lipinski definition) is 2. The molecule has 5 rings (SSSR count). The van der Waals surface area contributed by atoms with Gasteiger partial charge in [-0.3, -0.25) is 0 Å². The van der Waals surface area contributed by atoms with Gasteiger partial charge in [-0.2, -0.15) is 9.97 Å². The molecule has 188 valence electrons. The molecule has 0 spiro atoms. The van der Waals surface area contributed by atoms with Gasteiger partial charge < -0.3 is 20.4 Å².